The maximum atomic E-state index is 13.6. The van der Waals surface area contributed by atoms with Crippen molar-refractivity contribution in [2.45, 2.75) is 52.7 Å². The number of benzene rings is 2. The summed E-state index contributed by atoms with van der Waals surface area (Å²) in [6.07, 6.45) is 0.292. The van der Waals surface area contributed by atoms with Gasteiger partial charge in [0.2, 0.25) is 0 Å². The first kappa shape index (κ1) is 24.8. The maximum absolute atomic E-state index is 13.6. The quantitative estimate of drug-likeness (QED) is 0.371. The molecule has 0 radical (unpaired) electrons. The molecule has 8 nitrogen and oxygen atoms in total. The van der Waals surface area contributed by atoms with Crippen molar-refractivity contribution in [2.75, 3.05) is 6.61 Å². The standard InChI is InChI=1S/C26H29ClN4O4/c1-4-29-23-22(24(33)30(26(29)34)14-7-15-32)31(16-18-10-12-19(27)13-11-18)25(28-23)35-21-9-6-5-8-20(21)17(2)3/h5-6,8-13,17,32H,4,7,14-16H2,1-3H3. The topological polar surface area (TPSA) is 91.3 Å². The van der Waals surface area contributed by atoms with Crippen LogP contribution in [0.25, 0.3) is 11.2 Å². The van der Waals surface area contributed by atoms with Crippen LogP contribution in [0.3, 0.4) is 0 Å². The van der Waals surface area contributed by atoms with Gasteiger partial charge in [0, 0.05) is 24.7 Å². The number of nitrogens with zero attached hydrogens (tertiary/aromatic N) is 4. The van der Waals surface area contributed by atoms with Crippen molar-refractivity contribution in [3.05, 3.63) is 85.5 Å². The smallest absolute Gasteiger partial charge is 0.332 e. The van der Waals surface area contributed by atoms with Gasteiger partial charge in [0.1, 0.15) is 5.75 Å². The fraction of sp³-hybridized carbons (Fsp3) is 0.346. The number of aryl methyl sites for hydroxylation is 1. The van der Waals surface area contributed by atoms with Crippen molar-refractivity contribution < 1.29 is 9.84 Å². The molecule has 0 saturated heterocycles. The van der Waals surface area contributed by atoms with Crippen LogP contribution in [0.5, 0.6) is 11.8 Å². The molecule has 0 fully saturated rings. The van der Waals surface area contributed by atoms with Crippen molar-refractivity contribution in [3.63, 3.8) is 0 Å². The van der Waals surface area contributed by atoms with Crippen LogP contribution in [0.2, 0.25) is 5.02 Å². The summed E-state index contributed by atoms with van der Waals surface area (Å²) >= 11 is 6.07. The Bertz CT molecular complexity index is 1450. The Hall–Kier alpha value is -3.36. The van der Waals surface area contributed by atoms with E-state index >= 15 is 0 Å². The molecule has 0 aliphatic carbocycles. The summed E-state index contributed by atoms with van der Waals surface area (Å²) in [6, 6.07) is 15.2. The average Bonchev–Trinajstić information content (AvgIpc) is 3.18. The third-order valence-corrected chi connectivity index (χ3v) is 6.18. The fourth-order valence-electron chi connectivity index (χ4n) is 4.13. The molecule has 2 aromatic heterocycles. The highest BCUT2D eigenvalue weighted by Crippen LogP contribution is 2.31. The number of hydrogen-bond acceptors (Lipinski definition) is 5. The van der Waals surface area contributed by atoms with Gasteiger partial charge in [-0.1, -0.05) is 55.8 Å². The third kappa shape index (κ3) is 4.90. The normalized spacial score (nSPS) is 11.5. The lowest BCUT2D eigenvalue weighted by molar-refractivity contribution is 0.277. The lowest BCUT2D eigenvalue weighted by atomic mass is 10.0. The molecule has 0 aliphatic heterocycles. The Labute approximate surface area is 208 Å². The first-order chi connectivity index (χ1) is 16.8. The molecule has 0 unspecified atom stereocenters. The largest absolute Gasteiger partial charge is 0.425 e. The Morgan fingerprint density at radius 3 is 2.40 bits per heavy atom. The van der Waals surface area contributed by atoms with Crippen LogP contribution in [-0.2, 0) is 19.6 Å². The van der Waals surface area contributed by atoms with Gasteiger partial charge < -0.3 is 9.84 Å². The predicted octanol–water partition coefficient (Wildman–Crippen LogP) is 4.38. The van der Waals surface area contributed by atoms with Crippen LogP contribution in [0.15, 0.2) is 58.1 Å². The number of aliphatic hydroxyl groups excluding tert-OH is 1. The minimum absolute atomic E-state index is 0.114. The lowest BCUT2D eigenvalue weighted by Crippen LogP contribution is -2.40. The summed E-state index contributed by atoms with van der Waals surface area (Å²) in [5.74, 6) is 0.853. The van der Waals surface area contributed by atoms with E-state index in [4.69, 9.17) is 16.3 Å². The van der Waals surface area contributed by atoms with Crippen molar-refractivity contribution >= 4 is 22.8 Å². The zero-order valence-electron chi connectivity index (χ0n) is 20.1. The van der Waals surface area contributed by atoms with E-state index in [-0.39, 0.29) is 36.2 Å². The summed E-state index contributed by atoms with van der Waals surface area (Å²) < 4.78 is 10.7. The molecule has 0 amide bonds. The number of aromatic nitrogens is 4. The van der Waals surface area contributed by atoms with Gasteiger partial charge >= 0.3 is 11.7 Å². The highest BCUT2D eigenvalue weighted by Gasteiger charge is 2.23. The van der Waals surface area contributed by atoms with Crippen molar-refractivity contribution in [3.8, 4) is 11.8 Å². The molecule has 4 aromatic rings. The number of ether oxygens (including phenoxy) is 1. The van der Waals surface area contributed by atoms with Gasteiger partial charge in [-0.3, -0.25) is 18.5 Å². The Kier molecular flexibility index (Phi) is 7.42. The summed E-state index contributed by atoms with van der Waals surface area (Å²) in [4.78, 5) is 31.3. The molecule has 0 spiro atoms. The molecule has 0 saturated carbocycles. The number of halogens is 1. The van der Waals surface area contributed by atoms with Crippen molar-refractivity contribution in [1.29, 1.82) is 0 Å². The van der Waals surface area contributed by atoms with Crippen LogP contribution in [-0.4, -0.2) is 30.4 Å². The van der Waals surface area contributed by atoms with Crippen LogP contribution in [0.4, 0.5) is 0 Å². The number of aliphatic hydroxyl groups is 1. The highest BCUT2D eigenvalue weighted by atomic mass is 35.5. The Morgan fingerprint density at radius 2 is 1.74 bits per heavy atom. The molecule has 0 aliphatic rings. The maximum Gasteiger partial charge on any atom is 0.332 e. The van der Waals surface area contributed by atoms with E-state index in [9.17, 15) is 14.7 Å². The molecule has 0 atom stereocenters. The first-order valence-corrected chi connectivity index (χ1v) is 12.1. The molecular formula is C26H29ClN4O4. The van der Waals surface area contributed by atoms with Gasteiger partial charge in [-0.15, -0.1) is 0 Å². The molecule has 2 aromatic carbocycles. The van der Waals surface area contributed by atoms with Crippen LogP contribution >= 0.6 is 11.6 Å². The number of hydrogen-bond donors (Lipinski definition) is 1. The highest BCUT2D eigenvalue weighted by molar-refractivity contribution is 6.30. The molecule has 4 rings (SSSR count). The average molecular weight is 497 g/mol. The number of rotatable bonds is 9. The van der Waals surface area contributed by atoms with Gasteiger partial charge in [0.05, 0.1) is 6.54 Å². The van der Waals surface area contributed by atoms with Crippen molar-refractivity contribution in [1.82, 2.24) is 18.7 Å². The van der Waals surface area contributed by atoms with Gasteiger partial charge in [-0.05, 0) is 48.6 Å². The molecular weight excluding hydrogens is 468 g/mol. The van der Waals surface area contributed by atoms with E-state index in [0.29, 0.717) is 30.3 Å². The Morgan fingerprint density at radius 1 is 1.03 bits per heavy atom. The minimum atomic E-state index is -0.461. The lowest BCUT2D eigenvalue weighted by Gasteiger charge is -2.15. The van der Waals surface area contributed by atoms with Gasteiger partial charge in [-0.25, -0.2) is 4.79 Å². The van der Waals surface area contributed by atoms with Crippen molar-refractivity contribution in [2.24, 2.45) is 0 Å². The van der Waals surface area contributed by atoms with Crippen LogP contribution in [0.1, 0.15) is 44.2 Å². The van der Waals surface area contributed by atoms with Gasteiger partial charge in [0.15, 0.2) is 11.2 Å². The molecule has 9 heteroatoms. The second-order valence-corrected chi connectivity index (χ2v) is 9.07. The fourth-order valence-corrected chi connectivity index (χ4v) is 4.25. The van der Waals surface area contributed by atoms with Gasteiger partial charge in [-0.2, -0.15) is 4.98 Å². The molecule has 1 N–H and O–H groups in total. The van der Waals surface area contributed by atoms with E-state index in [1.165, 1.54) is 4.57 Å². The predicted molar refractivity (Wildman–Crippen MR) is 137 cm³/mol. The molecule has 35 heavy (non-hydrogen) atoms. The zero-order valence-corrected chi connectivity index (χ0v) is 20.8. The summed E-state index contributed by atoms with van der Waals surface area (Å²) in [7, 11) is 0. The van der Waals surface area contributed by atoms with E-state index in [0.717, 1.165) is 15.7 Å². The molecule has 184 valence electrons. The summed E-state index contributed by atoms with van der Waals surface area (Å²) in [5, 5.41) is 9.90. The minimum Gasteiger partial charge on any atom is -0.425 e. The SMILES string of the molecule is CCn1c(=O)n(CCCO)c(=O)c2c1nc(Oc1ccccc1C(C)C)n2Cc1ccc(Cl)cc1. The van der Waals surface area contributed by atoms with Gasteiger partial charge in [0.25, 0.3) is 5.56 Å². The first-order valence-electron chi connectivity index (χ1n) is 11.7. The second kappa shape index (κ2) is 10.5. The Balaban J connectivity index is 1.98. The number of imidazole rings is 1. The van der Waals surface area contributed by atoms with E-state index in [2.05, 4.69) is 18.8 Å². The zero-order chi connectivity index (χ0) is 25.1. The number of para-hydroxylation sites is 1. The summed E-state index contributed by atoms with van der Waals surface area (Å²) in [6.45, 7) is 6.59. The van der Waals surface area contributed by atoms with E-state index < -0.39 is 11.2 Å². The van der Waals surface area contributed by atoms with Crippen LogP contribution in [0, 0.1) is 0 Å². The van der Waals surface area contributed by atoms with E-state index in [1.807, 2.05) is 43.3 Å². The molecule has 2 heterocycles. The number of fused-ring (bicyclic) bond motifs is 1. The summed E-state index contributed by atoms with van der Waals surface area (Å²) in [5.41, 5.74) is 1.53. The van der Waals surface area contributed by atoms with Crippen LogP contribution < -0.4 is 16.0 Å². The third-order valence-electron chi connectivity index (χ3n) is 5.93. The second-order valence-electron chi connectivity index (χ2n) is 8.63. The monoisotopic (exact) mass is 496 g/mol. The molecule has 0 bridgehead atoms. The van der Waals surface area contributed by atoms with E-state index in [1.54, 1.807) is 16.7 Å².